The van der Waals surface area contributed by atoms with Crippen molar-refractivity contribution < 1.29 is 4.84 Å². The Hall–Kier alpha value is -1.16. The Kier molecular flexibility index (Phi) is 2.40. The molecule has 1 aliphatic rings. The zero-order valence-corrected chi connectivity index (χ0v) is 7.73. The molecule has 0 aromatic carbocycles. The molecule has 0 atom stereocenters. The quantitative estimate of drug-likeness (QED) is 0.683. The average Bonchev–Trinajstić information content (AvgIpc) is 2.71. The van der Waals surface area contributed by atoms with Crippen LogP contribution in [0.1, 0.15) is 19.0 Å². The van der Waals surface area contributed by atoms with Gasteiger partial charge in [-0.3, -0.25) is 4.84 Å². The fourth-order valence-corrected chi connectivity index (χ4v) is 1.34. The monoisotopic (exact) mass is 179 g/mol. The normalized spacial score (nSPS) is 16.5. The van der Waals surface area contributed by atoms with Crippen LogP contribution in [0.25, 0.3) is 0 Å². The number of rotatable bonds is 2. The van der Waals surface area contributed by atoms with Crippen molar-refractivity contribution in [1.82, 2.24) is 9.97 Å². The van der Waals surface area contributed by atoms with E-state index in [2.05, 4.69) is 16.9 Å². The number of hydrogen-bond donors (Lipinski definition) is 0. The summed E-state index contributed by atoms with van der Waals surface area (Å²) in [5.41, 5.74) is 1.06. The van der Waals surface area contributed by atoms with Crippen LogP contribution in [-0.2, 0) is 11.3 Å². The number of anilines is 1. The van der Waals surface area contributed by atoms with E-state index in [1.807, 2.05) is 11.1 Å². The molecule has 0 radical (unpaired) electrons. The molecule has 0 saturated carbocycles. The molecule has 0 aliphatic carbocycles. The Bertz CT molecular complexity index is 284. The molecule has 1 aliphatic heterocycles. The molecule has 0 bridgehead atoms. The molecule has 4 heteroatoms. The summed E-state index contributed by atoms with van der Waals surface area (Å²) in [7, 11) is 0. The van der Waals surface area contributed by atoms with E-state index in [1.165, 1.54) is 0 Å². The maximum atomic E-state index is 5.38. The Morgan fingerprint density at radius 2 is 2.46 bits per heavy atom. The van der Waals surface area contributed by atoms with Crippen molar-refractivity contribution in [3.8, 4) is 0 Å². The van der Waals surface area contributed by atoms with Crippen molar-refractivity contribution in [3.63, 3.8) is 0 Å². The summed E-state index contributed by atoms with van der Waals surface area (Å²) in [6.07, 6.45) is 3.60. The van der Waals surface area contributed by atoms with Crippen LogP contribution in [0, 0.1) is 0 Å². The maximum Gasteiger partial charge on any atom is 0.155 e. The summed E-state index contributed by atoms with van der Waals surface area (Å²) in [5, 5.41) is 1.83. The topological polar surface area (TPSA) is 38.2 Å². The third-order valence-corrected chi connectivity index (χ3v) is 2.08. The van der Waals surface area contributed by atoms with E-state index in [-0.39, 0.29) is 0 Å². The fourth-order valence-electron chi connectivity index (χ4n) is 1.34. The molecule has 2 rings (SSSR count). The van der Waals surface area contributed by atoms with Crippen molar-refractivity contribution in [2.24, 2.45) is 0 Å². The first-order chi connectivity index (χ1) is 6.40. The van der Waals surface area contributed by atoms with Crippen LogP contribution in [0.3, 0.4) is 0 Å². The minimum Gasteiger partial charge on any atom is -0.272 e. The molecule has 70 valence electrons. The SMILES string of the molecule is CCc1cc(N2CCCO2)ncn1. The number of hydroxylamine groups is 1. The highest BCUT2D eigenvalue weighted by molar-refractivity contribution is 5.36. The van der Waals surface area contributed by atoms with Gasteiger partial charge in [-0.2, -0.15) is 0 Å². The summed E-state index contributed by atoms with van der Waals surface area (Å²) < 4.78 is 0. The minimum absolute atomic E-state index is 0.797. The second kappa shape index (κ2) is 3.70. The van der Waals surface area contributed by atoms with E-state index in [1.54, 1.807) is 6.33 Å². The van der Waals surface area contributed by atoms with Gasteiger partial charge in [0.15, 0.2) is 5.82 Å². The number of hydrogen-bond acceptors (Lipinski definition) is 4. The highest BCUT2D eigenvalue weighted by Crippen LogP contribution is 2.16. The lowest BCUT2D eigenvalue weighted by Crippen LogP contribution is -2.17. The van der Waals surface area contributed by atoms with Crippen molar-refractivity contribution in [1.29, 1.82) is 0 Å². The molecule has 2 heterocycles. The zero-order chi connectivity index (χ0) is 9.10. The van der Waals surface area contributed by atoms with E-state index >= 15 is 0 Å². The van der Waals surface area contributed by atoms with Crippen LogP contribution in [0.15, 0.2) is 12.4 Å². The Balaban J connectivity index is 2.18. The highest BCUT2D eigenvalue weighted by atomic mass is 16.7. The van der Waals surface area contributed by atoms with E-state index in [9.17, 15) is 0 Å². The summed E-state index contributed by atoms with van der Waals surface area (Å²) in [4.78, 5) is 13.7. The van der Waals surface area contributed by atoms with Gasteiger partial charge in [0.2, 0.25) is 0 Å². The minimum atomic E-state index is 0.797. The molecular formula is C9H13N3O. The molecular weight excluding hydrogens is 166 g/mol. The Morgan fingerprint density at radius 1 is 1.54 bits per heavy atom. The first-order valence-electron chi connectivity index (χ1n) is 4.61. The van der Waals surface area contributed by atoms with Gasteiger partial charge in [-0.25, -0.2) is 15.0 Å². The van der Waals surface area contributed by atoms with Gasteiger partial charge in [-0.05, 0) is 12.8 Å². The van der Waals surface area contributed by atoms with Gasteiger partial charge in [0.05, 0.1) is 6.61 Å². The van der Waals surface area contributed by atoms with Crippen molar-refractivity contribution in [2.45, 2.75) is 19.8 Å². The molecule has 0 unspecified atom stereocenters. The third-order valence-electron chi connectivity index (χ3n) is 2.08. The molecule has 1 aromatic heterocycles. The van der Waals surface area contributed by atoms with Gasteiger partial charge in [-0.1, -0.05) is 6.92 Å². The number of aromatic nitrogens is 2. The van der Waals surface area contributed by atoms with Gasteiger partial charge in [0.1, 0.15) is 6.33 Å². The lowest BCUT2D eigenvalue weighted by atomic mass is 10.3. The number of nitrogens with zero attached hydrogens (tertiary/aromatic N) is 3. The molecule has 1 saturated heterocycles. The van der Waals surface area contributed by atoms with Gasteiger partial charge in [0.25, 0.3) is 0 Å². The highest BCUT2D eigenvalue weighted by Gasteiger charge is 2.14. The van der Waals surface area contributed by atoms with E-state index in [0.29, 0.717) is 0 Å². The van der Waals surface area contributed by atoms with E-state index in [4.69, 9.17) is 4.84 Å². The predicted molar refractivity (Wildman–Crippen MR) is 49.3 cm³/mol. The van der Waals surface area contributed by atoms with Crippen LogP contribution >= 0.6 is 0 Å². The second-order valence-electron chi connectivity index (χ2n) is 3.01. The Labute approximate surface area is 77.5 Å². The van der Waals surface area contributed by atoms with Crippen LogP contribution in [0.5, 0.6) is 0 Å². The van der Waals surface area contributed by atoms with Crippen molar-refractivity contribution in [2.75, 3.05) is 18.2 Å². The Morgan fingerprint density at radius 3 is 3.15 bits per heavy atom. The second-order valence-corrected chi connectivity index (χ2v) is 3.01. The molecule has 0 spiro atoms. The largest absolute Gasteiger partial charge is 0.272 e. The third kappa shape index (κ3) is 1.78. The van der Waals surface area contributed by atoms with Gasteiger partial charge in [-0.15, -0.1) is 0 Å². The maximum absolute atomic E-state index is 5.38. The summed E-state index contributed by atoms with van der Waals surface area (Å²) in [6.45, 7) is 3.81. The lowest BCUT2D eigenvalue weighted by molar-refractivity contribution is 0.166. The zero-order valence-electron chi connectivity index (χ0n) is 7.73. The fraction of sp³-hybridized carbons (Fsp3) is 0.556. The molecule has 0 amide bonds. The standard InChI is InChI=1S/C9H13N3O/c1-2-8-6-9(11-7-10-8)12-4-3-5-13-12/h6-7H,2-5H2,1H3. The van der Waals surface area contributed by atoms with Gasteiger partial charge in [0, 0.05) is 18.3 Å². The van der Waals surface area contributed by atoms with E-state index in [0.717, 1.165) is 37.5 Å². The summed E-state index contributed by atoms with van der Waals surface area (Å²) >= 11 is 0. The molecule has 13 heavy (non-hydrogen) atoms. The van der Waals surface area contributed by atoms with Crippen LogP contribution in [0.2, 0.25) is 0 Å². The number of aryl methyl sites for hydroxylation is 1. The van der Waals surface area contributed by atoms with Crippen LogP contribution in [-0.4, -0.2) is 23.1 Å². The smallest absolute Gasteiger partial charge is 0.155 e. The van der Waals surface area contributed by atoms with Gasteiger partial charge >= 0.3 is 0 Å². The van der Waals surface area contributed by atoms with Crippen molar-refractivity contribution >= 4 is 5.82 Å². The molecule has 0 N–H and O–H groups in total. The van der Waals surface area contributed by atoms with E-state index < -0.39 is 0 Å². The lowest BCUT2D eigenvalue weighted by Gasteiger charge is -2.14. The summed E-state index contributed by atoms with van der Waals surface area (Å²) in [5.74, 6) is 0.879. The van der Waals surface area contributed by atoms with Crippen LogP contribution in [0.4, 0.5) is 5.82 Å². The molecule has 1 aromatic rings. The summed E-state index contributed by atoms with van der Waals surface area (Å²) in [6, 6.07) is 1.98. The molecule has 1 fully saturated rings. The first kappa shape index (κ1) is 8.44. The first-order valence-corrected chi connectivity index (χ1v) is 4.61. The van der Waals surface area contributed by atoms with Gasteiger partial charge < -0.3 is 0 Å². The predicted octanol–water partition coefficient (Wildman–Crippen LogP) is 1.18. The molecule has 4 nitrogen and oxygen atoms in total. The average molecular weight is 179 g/mol. The van der Waals surface area contributed by atoms with Crippen LogP contribution < -0.4 is 5.06 Å². The van der Waals surface area contributed by atoms with Crippen molar-refractivity contribution in [3.05, 3.63) is 18.1 Å².